The second-order valence-electron chi connectivity index (χ2n) is 5.71. The molecule has 0 bridgehead atoms. The molecule has 0 saturated carbocycles. The van der Waals surface area contributed by atoms with E-state index >= 15 is 0 Å². The smallest absolute Gasteiger partial charge is 0.249 e. The van der Waals surface area contributed by atoms with Crippen LogP contribution in [-0.4, -0.2) is 48.7 Å². The first-order valence-electron chi connectivity index (χ1n) is 6.25. The minimum Gasteiger partial charge on any atom is -0.369 e. The monoisotopic (exact) mass is 238 g/mol. The Kier molecular flexibility index (Phi) is 3.27. The highest BCUT2D eigenvalue weighted by molar-refractivity contribution is 5.94. The largest absolute Gasteiger partial charge is 0.369 e. The fourth-order valence-electron chi connectivity index (χ4n) is 2.51. The first kappa shape index (κ1) is 12.6. The van der Waals surface area contributed by atoms with Crippen molar-refractivity contribution < 1.29 is 9.53 Å². The molecule has 0 aliphatic carbocycles. The number of carbonyl (C=O) groups excluding carboxylic acids is 1. The van der Waals surface area contributed by atoms with Gasteiger partial charge in [-0.1, -0.05) is 0 Å². The Labute approximate surface area is 103 Å². The molecule has 2 heterocycles. The van der Waals surface area contributed by atoms with Gasteiger partial charge in [-0.2, -0.15) is 0 Å². The van der Waals surface area contributed by atoms with E-state index in [-0.39, 0.29) is 17.6 Å². The van der Waals surface area contributed by atoms with Gasteiger partial charge in [0.1, 0.15) is 0 Å². The standard InChI is InChI=1S/C13H22N2O2/c1-9-7-15(8-13(3,4)17-9)12(16)10(2)11-5-14-6-11/h9,14H,5-8H2,1-4H3. The number of carbonyl (C=O) groups is 1. The van der Waals surface area contributed by atoms with Gasteiger partial charge in [-0.25, -0.2) is 0 Å². The van der Waals surface area contributed by atoms with Crippen LogP contribution in [0.4, 0.5) is 0 Å². The molecule has 2 rings (SSSR count). The number of ether oxygens (including phenoxy) is 1. The molecular weight excluding hydrogens is 216 g/mol. The van der Waals surface area contributed by atoms with Crippen LogP contribution in [0.25, 0.3) is 0 Å². The molecule has 17 heavy (non-hydrogen) atoms. The summed E-state index contributed by atoms with van der Waals surface area (Å²) in [6, 6.07) is 0. The summed E-state index contributed by atoms with van der Waals surface area (Å²) in [5.74, 6) is 0.171. The maximum Gasteiger partial charge on any atom is 0.249 e. The zero-order valence-electron chi connectivity index (χ0n) is 11.2. The van der Waals surface area contributed by atoms with E-state index in [2.05, 4.69) is 5.32 Å². The van der Waals surface area contributed by atoms with Gasteiger partial charge >= 0.3 is 0 Å². The van der Waals surface area contributed by atoms with Crippen LogP contribution >= 0.6 is 0 Å². The number of hydrogen-bond donors (Lipinski definition) is 1. The fourth-order valence-corrected chi connectivity index (χ4v) is 2.51. The summed E-state index contributed by atoms with van der Waals surface area (Å²) in [7, 11) is 0. The summed E-state index contributed by atoms with van der Waals surface area (Å²) in [5, 5.41) is 3.17. The molecule has 0 spiro atoms. The van der Waals surface area contributed by atoms with E-state index in [0.717, 1.165) is 18.7 Å². The average Bonchev–Trinajstić information content (AvgIpc) is 2.10. The predicted molar refractivity (Wildman–Crippen MR) is 66.8 cm³/mol. The van der Waals surface area contributed by atoms with Crippen LogP contribution in [0.2, 0.25) is 0 Å². The Balaban J connectivity index is 2.09. The minimum atomic E-state index is -0.240. The maximum absolute atomic E-state index is 12.4. The molecule has 4 heteroatoms. The van der Waals surface area contributed by atoms with E-state index < -0.39 is 0 Å². The number of rotatable bonds is 1. The SMILES string of the molecule is CC(C(=O)N1CC(C)OC(C)(C)C1)=C1CNC1. The van der Waals surface area contributed by atoms with Gasteiger partial charge in [-0.15, -0.1) is 0 Å². The second kappa shape index (κ2) is 4.42. The third-order valence-electron chi connectivity index (χ3n) is 3.38. The Morgan fingerprint density at radius 3 is 2.59 bits per heavy atom. The molecule has 4 nitrogen and oxygen atoms in total. The Morgan fingerprint density at radius 1 is 1.47 bits per heavy atom. The molecule has 0 radical (unpaired) electrons. The lowest BCUT2D eigenvalue weighted by atomic mass is 10.0. The Morgan fingerprint density at radius 2 is 2.12 bits per heavy atom. The Bertz CT molecular complexity index is 354. The summed E-state index contributed by atoms with van der Waals surface area (Å²) in [6.07, 6.45) is 0.111. The molecule has 0 aromatic heterocycles. The molecule has 96 valence electrons. The van der Waals surface area contributed by atoms with Crippen molar-refractivity contribution in [3.05, 3.63) is 11.1 Å². The number of hydrogen-bond acceptors (Lipinski definition) is 3. The lowest BCUT2D eigenvalue weighted by Crippen LogP contribution is -2.54. The van der Waals surface area contributed by atoms with Crippen molar-refractivity contribution in [1.82, 2.24) is 10.2 Å². The summed E-state index contributed by atoms with van der Waals surface area (Å²) < 4.78 is 5.81. The van der Waals surface area contributed by atoms with E-state index in [1.807, 2.05) is 32.6 Å². The van der Waals surface area contributed by atoms with Crippen molar-refractivity contribution in [2.45, 2.75) is 39.4 Å². The normalized spacial score (nSPS) is 27.6. The number of amides is 1. The highest BCUT2D eigenvalue weighted by Crippen LogP contribution is 2.23. The molecule has 2 aliphatic heterocycles. The molecule has 0 aromatic rings. The molecule has 1 unspecified atom stereocenters. The molecule has 1 N–H and O–H groups in total. The maximum atomic E-state index is 12.4. The predicted octanol–water partition coefficient (Wildman–Crippen LogP) is 0.932. The number of nitrogens with zero attached hydrogens (tertiary/aromatic N) is 1. The van der Waals surface area contributed by atoms with Crippen molar-refractivity contribution in [2.75, 3.05) is 26.2 Å². The van der Waals surface area contributed by atoms with Crippen LogP contribution < -0.4 is 5.32 Å². The highest BCUT2D eigenvalue weighted by Gasteiger charge is 2.34. The third kappa shape index (κ3) is 2.69. The van der Waals surface area contributed by atoms with Gasteiger partial charge in [-0.3, -0.25) is 4.79 Å². The first-order chi connectivity index (χ1) is 7.89. The number of nitrogens with one attached hydrogen (secondary N) is 1. The summed E-state index contributed by atoms with van der Waals surface area (Å²) in [4.78, 5) is 14.3. The van der Waals surface area contributed by atoms with Crippen molar-refractivity contribution >= 4 is 5.91 Å². The van der Waals surface area contributed by atoms with Crippen molar-refractivity contribution in [2.24, 2.45) is 0 Å². The quantitative estimate of drug-likeness (QED) is 0.691. The van der Waals surface area contributed by atoms with Gasteiger partial charge < -0.3 is 15.0 Å². The Hall–Kier alpha value is -0.870. The fraction of sp³-hybridized carbons (Fsp3) is 0.769. The van der Waals surface area contributed by atoms with Crippen LogP contribution in [0.5, 0.6) is 0 Å². The van der Waals surface area contributed by atoms with E-state index in [4.69, 9.17) is 4.74 Å². The van der Waals surface area contributed by atoms with Gasteiger partial charge in [0.15, 0.2) is 0 Å². The van der Waals surface area contributed by atoms with Gasteiger partial charge in [0.2, 0.25) is 5.91 Å². The summed E-state index contributed by atoms with van der Waals surface area (Å²) in [6.45, 7) is 11.1. The topological polar surface area (TPSA) is 41.6 Å². The summed E-state index contributed by atoms with van der Waals surface area (Å²) >= 11 is 0. The van der Waals surface area contributed by atoms with E-state index in [0.29, 0.717) is 13.1 Å². The van der Waals surface area contributed by atoms with Crippen LogP contribution in [0.3, 0.4) is 0 Å². The molecule has 0 aromatic carbocycles. The molecule has 2 saturated heterocycles. The van der Waals surface area contributed by atoms with Gasteiger partial charge in [0, 0.05) is 31.8 Å². The van der Waals surface area contributed by atoms with Gasteiger partial charge in [0.25, 0.3) is 0 Å². The average molecular weight is 238 g/mol. The molecule has 2 aliphatic rings. The van der Waals surface area contributed by atoms with Crippen LogP contribution in [0.15, 0.2) is 11.1 Å². The van der Waals surface area contributed by atoms with Crippen molar-refractivity contribution in [3.8, 4) is 0 Å². The summed E-state index contributed by atoms with van der Waals surface area (Å²) in [5.41, 5.74) is 1.91. The molecule has 1 atom stereocenters. The van der Waals surface area contributed by atoms with E-state index in [1.165, 1.54) is 5.57 Å². The van der Waals surface area contributed by atoms with Crippen molar-refractivity contribution in [1.29, 1.82) is 0 Å². The zero-order chi connectivity index (χ0) is 12.6. The van der Waals surface area contributed by atoms with E-state index in [1.54, 1.807) is 0 Å². The first-order valence-corrected chi connectivity index (χ1v) is 6.25. The van der Waals surface area contributed by atoms with Crippen LogP contribution in [-0.2, 0) is 9.53 Å². The lowest BCUT2D eigenvalue weighted by molar-refractivity contribution is -0.154. The third-order valence-corrected chi connectivity index (χ3v) is 3.38. The lowest BCUT2D eigenvalue weighted by Gasteiger charge is -2.42. The van der Waals surface area contributed by atoms with Crippen molar-refractivity contribution in [3.63, 3.8) is 0 Å². The van der Waals surface area contributed by atoms with Crippen LogP contribution in [0.1, 0.15) is 27.7 Å². The molecule has 2 fully saturated rings. The number of morpholine rings is 1. The zero-order valence-corrected chi connectivity index (χ0v) is 11.2. The molecule has 1 amide bonds. The second-order valence-corrected chi connectivity index (χ2v) is 5.71. The molecular formula is C13H22N2O2. The highest BCUT2D eigenvalue weighted by atomic mass is 16.5. The van der Waals surface area contributed by atoms with Crippen LogP contribution in [0, 0.1) is 0 Å². The van der Waals surface area contributed by atoms with Gasteiger partial charge in [0.05, 0.1) is 11.7 Å². The van der Waals surface area contributed by atoms with Gasteiger partial charge in [-0.05, 0) is 33.3 Å². The van der Waals surface area contributed by atoms with E-state index in [9.17, 15) is 4.79 Å². The minimum absolute atomic E-state index is 0.111.